The van der Waals surface area contributed by atoms with E-state index < -0.39 is 0 Å². The van der Waals surface area contributed by atoms with Crippen LogP contribution in [0.5, 0.6) is 0 Å². The van der Waals surface area contributed by atoms with E-state index in [2.05, 4.69) is 47.2 Å². The van der Waals surface area contributed by atoms with Crippen LogP contribution < -0.4 is 5.32 Å². The third-order valence-corrected chi connectivity index (χ3v) is 4.14. The van der Waals surface area contributed by atoms with Crippen LogP contribution in [0.1, 0.15) is 36.1 Å². The maximum absolute atomic E-state index is 14.1. The van der Waals surface area contributed by atoms with E-state index in [-0.39, 0.29) is 11.9 Å². The zero-order chi connectivity index (χ0) is 15.2. The van der Waals surface area contributed by atoms with Crippen molar-refractivity contribution in [1.29, 1.82) is 0 Å². The topological polar surface area (TPSA) is 12.0 Å². The smallest absolute Gasteiger partial charge is 0.127 e. The third kappa shape index (κ3) is 4.39. The lowest BCUT2D eigenvalue weighted by molar-refractivity contribution is 0.511. The van der Waals surface area contributed by atoms with Crippen LogP contribution in [0, 0.1) is 12.7 Å². The summed E-state index contributed by atoms with van der Waals surface area (Å²) in [5.74, 6) is -0.152. The Morgan fingerprint density at radius 2 is 1.95 bits per heavy atom. The van der Waals surface area contributed by atoms with Gasteiger partial charge in [-0.05, 0) is 55.1 Å². The minimum Gasteiger partial charge on any atom is -0.310 e. The molecular weight excluding hydrogens is 329 g/mol. The van der Waals surface area contributed by atoms with Gasteiger partial charge in [-0.1, -0.05) is 53.2 Å². The van der Waals surface area contributed by atoms with Gasteiger partial charge in [0.05, 0.1) is 0 Å². The largest absolute Gasteiger partial charge is 0.310 e. The van der Waals surface area contributed by atoms with Crippen LogP contribution in [0.2, 0.25) is 0 Å². The van der Waals surface area contributed by atoms with E-state index in [1.807, 2.05) is 24.3 Å². The van der Waals surface area contributed by atoms with E-state index in [0.29, 0.717) is 6.42 Å². The van der Waals surface area contributed by atoms with Gasteiger partial charge in [-0.25, -0.2) is 4.39 Å². The molecule has 0 aliphatic rings. The van der Waals surface area contributed by atoms with Gasteiger partial charge in [-0.15, -0.1) is 0 Å². The van der Waals surface area contributed by atoms with Crippen molar-refractivity contribution in [3.63, 3.8) is 0 Å². The quantitative estimate of drug-likeness (QED) is 0.757. The lowest BCUT2D eigenvalue weighted by Crippen LogP contribution is -2.25. The Morgan fingerprint density at radius 3 is 2.62 bits per heavy atom. The van der Waals surface area contributed by atoms with E-state index in [0.717, 1.165) is 23.0 Å². The summed E-state index contributed by atoms with van der Waals surface area (Å²) in [4.78, 5) is 0. The molecule has 0 amide bonds. The molecule has 0 saturated carbocycles. The summed E-state index contributed by atoms with van der Waals surface area (Å²) in [6.07, 6.45) is 1.72. The molecule has 1 nitrogen and oxygen atoms in total. The molecule has 0 fully saturated rings. The summed E-state index contributed by atoms with van der Waals surface area (Å²) in [6.45, 7) is 5.17. The Hall–Kier alpha value is -1.19. The summed E-state index contributed by atoms with van der Waals surface area (Å²) < 4.78 is 14.9. The Bertz CT molecular complexity index is 598. The standard InChI is InChI=1S/C18H21BrFN/c1-3-10-21-18(16-7-5-4-6-13(16)2)11-14-8-9-15(19)12-17(14)20/h4-9,12,18,21H,3,10-11H2,1-2H3. The van der Waals surface area contributed by atoms with Crippen LogP contribution in [0.4, 0.5) is 4.39 Å². The van der Waals surface area contributed by atoms with Crippen LogP contribution in [-0.4, -0.2) is 6.54 Å². The molecular formula is C18H21BrFN. The van der Waals surface area contributed by atoms with Crippen molar-refractivity contribution in [3.05, 3.63) is 69.4 Å². The highest BCUT2D eigenvalue weighted by Gasteiger charge is 2.15. The normalized spacial score (nSPS) is 12.4. The molecule has 1 atom stereocenters. The van der Waals surface area contributed by atoms with Crippen molar-refractivity contribution in [3.8, 4) is 0 Å². The van der Waals surface area contributed by atoms with E-state index in [1.54, 1.807) is 0 Å². The summed E-state index contributed by atoms with van der Waals surface area (Å²) in [5, 5.41) is 3.54. The lowest BCUT2D eigenvalue weighted by atomic mass is 9.95. The molecule has 1 unspecified atom stereocenters. The van der Waals surface area contributed by atoms with Gasteiger partial charge in [-0.3, -0.25) is 0 Å². The molecule has 2 aromatic rings. The number of benzene rings is 2. The molecule has 0 aliphatic heterocycles. The molecule has 0 aliphatic carbocycles. The van der Waals surface area contributed by atoms with Gasteiger partial charge < -0.3 is 5.32 Å². The number of aryl methyl sites for hydroxylation is 1. The van der Waals surface area contributed by atoms with Gasteiger partial charge in [0.1, 0.15) is 5.82 Å². The Kier molecular flexibility index (Phi) is 5.95. The molecule has 0 saturated heterocycles. The van der Waals surface area contributed by atoms with Gasteiger partial charge in [-0.2, -0.15) is 0 Å². The van der Waals surface area contributed by atoms with Crippen molar-refractivity contribution < 1.29 is 4.39 Å². The fourth-order valence-corrected chi connectivity index (χ4v) is 2.83. The second-order valence-electron chi connectivity index (χ2n) is 5.30. The molecule has 0 bridgehead atoms. The fourth-order valence-electron chi connectivity index (χ4n) is 2.50. The SMILES string of the molecule is CCCNC(Cc1ccc(Br)cc1F)c1ccccc1C. The third-order valence-electron chi connectivity index (χ3n) is 3.64. The van der Waals surface area contributed by atoms with E-state index in [9.17, 15) is 4.39 Å². The Morgan fingerprint density at radius 1 is 1.19 bits per heavy atom. The highest BCUT2D eigenvalue weighted by Crippen LogP contribution is 2.24. The average molecular weight is 350 g/mol. The number of nitrogens with one attached hydrogen (secondary N) is 1. The molecule has 21 heavy (non-hydrogen) atoms. The maximum atomic E-state index is 14.1. The molecule has 1 N–H and O–H groups in total. The number of rotatable bonds is 6. The van der Waals surface area contributed by atoms with Crippen molar-refractivity contribution >= 4 is 15.9 Å². The first-order valence-corrected chi connectivity index (χ1v) is 8.14. The van der Waals surface area contributed by atoms with Crippen molar-refractivity contribution in [1.82, 2.24) is 5.32 Å². The van der Waals surface area contributed by atoms with Crippen molar-refractivity contribution in [2.75, 3.05) is 6.54 Å². The average Bonchev–Trinajstić information content (AvgIpc) is 2.46. The second kappa shape index (κ2) is 7.71. The van der Waals surface area contributed by atoms with Crippen molar-refractivity contribution in [2.45, 2.75) is 32.7 Å². The molecule has 2 rings (SSSR count). The molecule has 112 valence electrons. The van der Waals surface area contributed by atoms with Crippen LogP contribution >= 0.6 is 15.9 Å². The highest BCUT2D eigenvalue weighted by atomic mass is 79.9. The minimum absolute atomic E-state index is 0.141. The molecule has 3 heteroatoms. The van der Waals surface area contributed by atoms with Crippen molar-refractivity contribution in [2.24, 2.45) is 0 Å². The van der Waals surface area contributed by atoms with Crippen LogP contribution in [0.25, 0.3) is 0 Å². The monoisotopic (exact) mass is 349 g/mol. The summed E-state index contributed by atoms with van der Waals surface area (Å²) >= 11 is 3.31. The van der Waals surface area contributed by atoms with E-state index in [4.69, 9.17) is 0 Å². The second-order valence-corrected chi connectivity index (χ2v) is 6.22. The van der Waals surface area contributed by atoms with Crippen LogP contribution in [0.15, 0.2) is 46.9 Å². The first kappa shape index (κ1) is 16.2. The predicted molar refractivity (Wildman–Crippen MR) is 90.0 cm³/mol. The molecule has 0 spiro atoms. The molecule has 0 aromatic heterocycles. The molecule has 2 aromatic carbocycles. The minimum atomic E-state index is -0.152. The Labute approximate surface area is 134 Å². The predicted octanol–water partition coefficient (Wildman–Crippen LogP) is 5.18. The maximum Gasteiger partial charge on any atom is 0.127 e. The van der Waals surface area contributed by atoms with Crippen LogP contribution in [0.3, 0.4) is 0 Å². The van der Waals surface area contributed by atoms with Gasteiger partial charge in [0.2, 0.25) is 0 Å². The Balaban J connectivity index is 2.26. The van der Waals surface area contributed by atoms with Crippen LogP contribution in [-0.2, 0) is 6.42 Å². The number of halogens is 2. The van der Waals surface area contributed by atoms with Gasteiger partial charge in [0.25, 0.3) is 0 Å². The number of hydrogen-bond acceptors (Lipinski definition) is 1. The molecule has 0 heterocycles. The summed E-state index contributed by atoms with van der Waals surface area (Å²) in [5.41, 5.74) is 3.23. The van der Waals surface area contributed by atoms with E-state index in [1.165, 1.54) is 17.2 Å². The van der Waals surface area contributed by atoms with E-state index >= 15 is 0 Å². The zero-order valence-electron chi connectivity index (χ0n) is 12.5. The number of hydrogen-bond donors (Lipinski definition) is 1. The summed E-state index contributed by atoms with van der Waals surface area (Å²) in [6, 6.07) is 13.7. The van der Waals surface area contributed by atoms with Gasteiger partial charge in [0.15, 0.2) is 0 Å². The first-order chi connectivity index (χ1) is 10.1. The summed E-state index contributed by atoms with van der Waals surface area (Å²) in [7, 11) is 0. The lowest BCUT2D eigenvalue weighted by Gasteiger charge is -2.21. The van der Waals surface area contributed by atoms with Gasteiger partial charge >= 0.3 is 0 Å². The first-order valence-electron chi connectivity index (χ1n) is 7.34. The van der Waals surface area contributed by atoms with Gasteiger partial charge in [0, 0.05) is 10.5 Å². The molecule has 0 radical (unpaired) electrons. The fraction of sp³-hybridized carbons (Fsp3) is 0.333. The highest BCUT2D eigenvalue weighted by molar-refractivity contribution is 9.10. The zero-order valence-corrected chi connectivity index (χ0v) is 14.1.